The second kappa shape index (κ2) is 9.95. The molecule has 0 bridgehead atoms. The molecule has 9 nitrogen and oxygen atoms in total. The number of aromatic amines is 1. The molecule has 2 aliphatic heterocycles. The van der Waals surface area contributed by atoms with Gasteiger partial charge in [-0.3, -0.25) is 9.89 Å². The average Bonchev–Trinajstić information content (AvgIpc) is 3.68. The van der Waals surface area contributed by atoms with Gasteiger partial charge >= 0.3 is 0 Å². The smallest absolute Gasteiger partial charge is 0.253 e. The van der Waals surface area contributed by atoms with Crippen LogP contribution in [-0.4, -0.2) is 72.8 Å². The maximum Gasteiger partial charge on any atom is 0.253 e. The van der Waals surface area contributed by atoms with Crippen molar-refractivity contribution in [2.75, 3.05) is 46.6 Å². The summed E-state index contributed by atoms with van der Waals surface area (Å²) in [7, 11) is 1.55. The highest BCUT2D eigenvalue weighted by molar-refractivity contribution is 5.95. The summed E-state index contributed by atoms with van der Waals surface area (Å²) in [6.07, 6.45) is 0.990. The third kappa shape index (κ3) is 4.58. The number of nitrogens with zero attached hydrogens (tertiary/aromatic N) is 3. The van der Waals surface area contributed by atoms with Gasteiger partial charge in [0.25, 0.3) is 5.91 Å². The van der Waals surface area contributed by atoms with Crippen LogP contribution in [0.4, 0.5) is 4.39 Å². The number of aromatic nitrogens is 3. The highest BCUT2D eigenvalue weighted by Crippen LogP contribution is 2.33. The lowest BCUT2D eigenvalue weighted by molar-refractivity contribution is 0.0641. The Kier molecular flexibility index (Phi) is 6.35. The van der Waals surface area contributed by atoms with Crippen molar-refractivity contribution in [2.45, 2.75) is 6.42 Å². The van der Waals surface area contributed by atoms with Crippen LogP contribution in [0.3, 0.4) is 0 Å². The fraction of sp³-hybridized carbons (Fsp3) is 0.370. The Balaban J connectivity index is 1.18. The lowest BCUT2D eigenvalue weighted by Gasteiger charge is -2.34. The van der Waals surface area contributed by atoms with Crippen molar-refractivity contribution >= 4 is 16.8 Å². The summed E-state index contributed by atoms with van der Waals surface area (Å²) in [4.78, 5) is 15.0. The van der Waals surface area contributed by atoms with Gasteiger partial charge in [-0.15, -0.1) is 0 Å². The molecule has 2 saturated heterocycles. The Bertz CT molecular complexity index is 1420. The van der Waals surface area contributed by atoms with E-state index in [9.17, 15) is 9.18 Å². The molecule has 0 unspecified atom stereocenters. The molecule has 2 atom stereocenters. The van der Waals surface area contributed by atoms with Crippen molar-refractivity contribution in [1.82, 2.24) is 20.3 Å². The fourth-order valence-corrected chi connectivity index (χ4v) is 5.08. The number of piperidine rings is 1. The van der Waals surface area contributed by atoms with Crippen LogP contribution in [-0.2, 0) is 9.47 Å². The van der Waals surface area contributed by atoms with E-state index in [4.69, 9.17) is 18.7 Å². The quantitative estimate of drug-likeness (QED) is 0.376. The maximum atomic E-state index is 14.6. The predicted octanol–water partition coefficient (Wildman–Crippen LogP) is 4.16. The first-order valence-corrected chi connectivity index (χ1v) is 12.3. The van der Waals surface area contributed by atoms with Crippen molar-refractivity contribution in [3.05, 3.63) is 53.8 Å². The van der Waals surface area contributed by atoms with Crippen LogP contribution in [0.5, 0.6) is 5.75 Å². The van der Waals surface area contributed by atoms with E-state index in [1.165, 1.54) is 6.07 Å². The van der Waals surface area contributed by atoms with Crippen LogP contribution in [0.15, 0.2) is 47.0 Å². The predicted molar refractivity (Wildman–Crippen MR) is 133 cm³/mol. The first-order chi connectivity index (χ1) is 18.1. The summed E-state index contributed by atoms with van der Waals surface area (Å²) in [5, 5.41) is 11.9. The normalized spacial score (nSPS) is 19.4. The molecule has 4 heterocycles. The molecular weight excluding hydrogens is 479 g/mol. The Morgan fingerprint density at radius 3 is 2.84 bits per heavy atom. The molecule has 2 aromatic carbocycles. The summed E-state index contributed by atoms with van der Waals surface area (Å²) in [5.74, 6) is 1.06. The average molecular weight is 507 g/mol. The number of hydrogen-bond donors (Lipinski definition) is 1. The van der Waals surface area contributed by atoms with Gasteiger partial charge in [-0.25, -0.2) is 4.39 Å². The molecule has 0 radical (unpaired) electrons. The van der Waals surface area contributed by atoms with Gasteiger partial charge in [0, 0.05) is 61.4 Å². The van der Waals surface area contributed by atoms with E-state index in [0.717, 1.165) is 38.3 Å². The summed E-state index contributed by atoms with van der Waals surface area (Å²) in [5.41, 5.74) is 3.09. The van der Waals surface area contributed by atoms with E-state index >= 15 is 0 Å². The Hall–Kier alpha value is -3.76. The van der Waals surface area contributed by atoms with Gasteiger partial charge in [-0.05, 0) is 30.5 Å². The van der Waals surface area contributed by atoms with Crippen LogP contribution < -0.4 is 4.74 Å². The molecule has 1 amide bonds. The molecule has 0 aliphatic carbocycles. The zero-order valence-electron chi connectivity index (χ0n) is 20.4. The number of hydrogen-bond acceptors (Lipinski definition) is 7. The van der Waals surface area contributed by atoms with Crippen LogP contribution in [0.2, 0.25) is 0 Å². The number of nitrogens with one attached hydrogen (secondary N) is 1. The molecule has 4 aromatic rings. The summed E-state index contributed by atoms with van der Waals surface area (Å²) >= 11 is 0. The van der Waals surface area contributed by atoms with Crippen LogP contribution >= 0.6 is 0 Å². The lowest BCUT2D eigenvalue weighted by atomic mass is 9.88. The number of amides is 1. The lowest BCUT2D eigenvalue weighted by Crippen LogP contribution is -2.43. The number of ether oxygens (including phenoxy) is 3. The van der Waals surface area contributed by atoms with Gasteiger partial charge < -0.3 is 23.6 Å². The van der Waals surface area contributed by atoms with Crippen LogP contribution in [0, 0.1) is 17.7 Å². The number of rotatable bonds is 7. The third-order valence-corrected chi connectivity index (χ3v) is 7.17. The monoisotopic (exact) mass is 506 g/mol. The SMILES string of the molecule is COCCOc1cc2[nH]nc(-c3cc(-c4ccc(C(=O)N5CC[C@H]6COC[C@H]6C5)cc4)no3)c2cc1F. The topological polar surface area (TPSA) is 103 Å². The number of benzene rings is 2. The highest BCUT2D eigenvalue weighted by atomic mass is 19.1. The second-order valence-corrected chi connectivity index (χ2v) is 9.49. The van der Waals surface area contributed by atoms with E-state index in [1.54, 1.807) is 19.2 Å². The molecule has 2 aromatic heterocycles. The van der Waals surface area contributed by atoms with E-state index in [2.05, 4.69) is 15.4 Å². The summed E-state index contributed by atoms with van der Waals surface area (Å²) in [6, 6.07) is 12.0. The van der Waals surface area contributed by atoms with Crippen molar-refractivity contribution in [3.8, 4) is 28.5 Å². The number of carbonyl (C=O) groups excluding carboxylic acids is 1. The molecule has 2 aliphatic rings. The minimum Gasteiger partial charge on any atom is -0.488 e. The minimum absolute atomic E-state index is 0.0355. The van der Waals surface area contributed by atoms with Gasteiger partial charge in [0.05, 0.1) is 18.7 Å². The largest absolute Gasteiger partial charge is 0.488 e. The molecule has 2 fully saturated rings. The molecule has 37 heavy (non-hydrogen) atoms. The van der Waals surface area contributed by atoms with Gasteiger partial charge in [0.15, 0.2) is 17.3 Å². The van der Waals surface area contributed by atoms with E-state index < -0.39 is 5.82 Å². The summed E-state index contributed by atoms with van der Waals surface area (Å²) < 4.78 is 36.1. The van der Waals surface area contributed by atoms with Gasteiger partial charge in [0.1, 0.15) is 18.0 Å². The van der Waals surface area contributed by atoms with Crippen LogP contribution in [0.1, 0.15) is 16.8 Å². The number of carbonyl (C=O) groups is 1. The minimum atomic E-state index is -0.504. The molecule has 192 valence electrons. The molecule has 0 saturated carbocycles. The van der Waals surface area contributed by atoms with Crippen molar-refractivity contribution in [2.24, 2.45) is 11.8 Å². The highest BCUT2D eigenvalue weighted by Gasteiger charge is 2.35. The molecule has 10 heteroatoms. The first kappa shape index (κ1) is 23.6. The zero-order valence-corrected chi connectivity index (χ0v) is 20.4. The fourth-order valence-electron chi connectivity index (χ4n) is 5.08. The van der Waals surface area contributed by atoms with E-state index in [0.29, 0.717) is 52.1 Å². The number of likely N-dealkylation sites (tertiary alicyclic amines) is 1. The number of H-pyrrole nitrogens is 1. The van der Waals surface area contributed by atoms with Gasteiger partial charge in [-0.2, -0.15) is 5.10 Å². The number of methoxy groups -OCH3 is 1. The Labute approximate surface area is 212 Å². The molecule has 6 rings (SSSR count). The van der Waals surface area contributed by atoms with Crippen LogP contribution in [0.25, 0.3) is 33.6 Å². The van der Waals surface area contributed by atoms with Crippen molar-refractivity contribution in [1.29, 1.82) is 0 Å². The Morgan fingerprint density at radius 2 is 2.00 bits per heavy atom. The second-order valence-electron chi connectivity index (χ2n) is 9.49. The molecule has 1 N–H and O–H groups in total. The Morgan fingerprint density at radius 1 is 1.16 bits per heavy atom. The van der Waals surface area contributed by atoms with Gasteiger partial charge in [0.2, 0.25) is 0 Å². The molecule has 0 spiro atoms. The maximum absolute atomic E-state index is 14.6. The van der Waals surface area contributed by atoms with E-state index in [-0.39, 0.29) is 18.3 Å². The first-order valence-electron chi connectivity index (χ1n) is 12.3. The number of fused-ring (bicyclic) bond motifs is 2. The standard InChI is InChI=1S/C27H27FN4O5/c1-34-8-9-36-24-12-23-20(10-21(24)28)26(30-29-23)25-11-22(31-37-25)16-2-4-17(5-3-16)27(33)32-7-6-18-14-35-15-19(18)13-32/h2-5,10-12,18-19H,6-9,13-15H2,1H3,(H,29,30)/t18-,19+/m0/s1. The van der Waals surface area contributed by atoms with Crippen molar-refractivity contribution < 1.29 is 27.9 Å². The molecular formula is C27H27FN4O5. The summed E-state index contributed by atoms with van der Waals surface area (Å²) in [6.45, 7) is 3.66. The van der Waals surface area contributed by atoms with Gasteiger partial charge in [-0.1, -0.05) is 17.3 Å². The number of halogens is 1. The van der Waals surface area contributed by atoms with Crippen molar-refractivity contribution in [3.63, 3.8) is 0 Å². The zero-order chi connectivity index (χ0) is 25.4. The van der Waals surface area contributed by atoms with E-state index in [1.807, 2.05) is 29.2 Å². The third-order valence-electron chi connectivity index (χ3n) is 7.17.